The van der Waals surface area contributed by atoms with Gasteiger partial charge in [0.25, 0.3) is 0 Å². The Morgan fingerprint density at radius 3 is 1.24 bits per heavy atom. The molecule has 0 aliphatic heterocycles. The van der Waals surface area contributed by atoms with Crippen LogP contribution < -0.4 is 10.9 Å². The Labute approximate surface area is 233 Å². The number of hydrogen-bond acceptors (Lipinski definition) is 2. The number of amides is 2. The van der Waals surface area contributed by atoms with Gasteiger partial charge in [0, 0.05) is 12.8 Å². The van der Waals surface area contributed by atoms with Crippen LogP contribution in [0.15, 0.2) is 47.6 Å². The van der Waals surface area contributed by atoms with Gasteiger partial charge in [-0.25, -0.2) is 0 Å². The summed E-state index contributed by atoms with van der Waals surface area (Å²) in [5.41, 5.74) is 8.09. The molecule has 0 fully saturated rings. The van der Waals surface area contributed by atoms with Crippen LogP contribution in [-0.4, -0.2) is 11.8 Å². The standard InChI is InChI=1S/C34H56N2O2/c1-31(2,3)25-17-13-15-23(19-25)27(33(7,8)9)21-29(37)35-36-30(38)22-28(34(10,11)12)24-16-14-18-26(20-24)32(4,5)6/h13-16,19-20,25-28H,17-18,21-22H2,1-12H3,(H,35,37)(H,36,38). The zero-order chi connectivity index (χ0) is 29.1. The van der Waals surface area contributed by atoms with Crippen molar-refractivity contribution in [3.05, 3.63) is 47.6 Å². The Hall–Kier alpha value is -2.10. The molecule has 0 bridgehead atoms. The Bertz CT molecular complexity index is 888. The molecule has 2 amide bonds. The minimum atomic E-state index is -0.151. The van der Waals surface area contributed by atoms with Crippen molar-refractivity contribution in [3.8, 4) is 0 Å². The molecule has 2 rings (SSSR count). The molecule has 4 atom stereocenters. The number of allylic oxidation sites excluding steroid dienone is 8. The van der Waals surface area contributed by atoms with Crippen LogP contribution >= 0.6 is 0 Å². The molecule has 0 aromatic heterocycles. The second kappa shape index (κ2) is 12.0. The van der Waals surface area contributed by atoms with Crippen molar-refractivity contribution in [1.82, 2.24) is 10.9 Å². The highest BCUT2D eigenvalue weighted by molar-refractivity contribution is 5.82. The molecule has 2 aliphatic carbocycles. The minimum Gasteiger partial charge on any atom is -0.273 e. The van der Waals surface area contributed by atoms with Crippen molar-refractivity contribution >= 4 is 11.8 Å². The fourth-order valence-corrected chi connectivity index (χ4v) is 5.55. The SMILES string of the molecule is CC(C)(C)C1C=C(C(CC(=O)NNC(=O)CC(C2=CC(C(C)(C)C)CC=C2)C(C)(C)C)C(C)(C)C)C=CC1. The third-order valence-corrected chi connectivity index (χ3v) is 8.43. The maximum atomic E-state index is 13.1. The predicted molar refractivity (Wildman–Crippen MR) is 161 cm³/mol. The average Bonchev–Trinajstić information content (AvgIpc) is 2.77. The van der Waals surface area contributed by atoms with Crippen LogP contribution in [0.5, 0.6) is 0 Å². The van der Waals surface area contributed by atoms with Gasteiger partial charge in [-0.3, -0.25) is 20.4 Å². The van der Waals surface area contributed by atoms with Gasteiger partial charge in [-0.05, 0) is 69.3 Å². The van der Waals surface area contributed by atoms with Gasteiger partial charge in [0.2, 0.25) is 11.8 Å². The molecule has 2 N–H and O–H groups in total. The van der Waals surface area contributed by atoms with Crippen LogP contribution in [0.4, 0.5) is 0 Å². The van der Waals surface area contributed by atoms with E-state index in [0.29, 0.717) is 24.7 Å². The molecule has 38 heavy (non-hydrogen) atoms. The summed E-state index contributed by atoms with van der Waals surface area (Å²) in [7, 11) is 0. The van der Waals surface area contributed by atoms with Crippen molar-refractivity contribution in [2.24, 2.45) is 45.3 Å². The smallest absolute Gasteiger partial charge is 0.239 e. The summed E-state index contributed by atoms with van der Waals surface area (Å²) in [5, 5.41) is 0. The number of hydrazine groups is 1. The zero-order valence-corrected chi connectivity index (χ0v) is 26.4. The summed E-state index contributed by atoms with van der Waals surface area (Å²) < 4.78 is 0. The molecule has 4 heteroatoms. The van der Waals surface area contributed by atoms with E-state index >= 15 is 0 Å². The molecule has 0 heterocycles. The normalized spacial score (nSPS) is 22.3. The van der Waals surface area contributed by atoms with Crippen molar-refractivity contribution < 1.29 is 9.59 Å². The van der Waals surface area contributed by atoms with Crippen LogP contribution in [0, 0.1) is 45.3 Å². The van der Waals surface area contributed by atoms with Gasteiger partial charge in [-0.1, -0.05) is 120 Å². The van der Waals surface area contributed by atoms with Crippen LogP contribution in [0.2, 0.25) is 0 Å². The third-order valence-electron chi connectivity index (χ3n) is 8.43. The summed E-state index contributed by atoms with van der Waals surface area (Å²) in [6, 6.07) is 0. The molecule has 4 unspecified atom stereocenters. The maximum absolute atomic E-state index is 13.1. The Morgan fingerprint density at radius 1 is 0.658 bits per heavy atom. The van der Waals surface area contributed by atoms with E-state index in [2.05, 4.69) is 130 Å². The monoisotopic (exact) mass is 524 g/mol. The van der Waals surface area contributed by atoms with E-state index in [0.717, 1.165) is 12.8 Å². The van der Waals surface area contributed by atoms with Gasteiger partial charge in [0.15, 0.2) is 0 Å². The molecule has 214 valence electrons. The van der Waals surface area contributed by atoms with E-state index in [1.54, 1.807) is 0 Å². The molecule has 4 nitrogen and oxygen atoms in total. The van der Waals surface area contributed by atoms with Crippen molar-refractivity contribution in [3.63, 3.8) is 0 Å². The van der Waals surface area contributed by atoms with Gasteiger partial charge in [-0.2, -0.15) is 0 Å². The van der Waals surface area contributed by atoms with Crippen LogP contribution in [0.3, 0.4) is 0 Å². The van der Waals surface area contributed by atoms with E-state index < -0.39 is 0 Å². The van der Waals surface area contributed by atoms with Crippen molar-refractivity contribution in [1.29, 1.82) is 0 Å². The van der Waals surface area contributed by atoms with Gasteiger partial charge in [0.05, 0.1) is 0 Å². The fraction of sp³-hybridized carbons (Fsp3) is 0.706. The molecule has 0 radical (unpaired) electrons. The minimum absolute atomic E-state index is 0.0648. The van der Waals surface area contributed by atoms with Gasteiger partial charge >= 0.3 is 0 Å². The summed E-state index contributed by atoms with van der Waals surface area (Å²) in [4.78, 5) is 26.1. The Balaban J connectivity index is 2.08. The second-order valence-electron chi connectivity index (χ2n) is 15.9. The highest BCUT2D eigenvalue weighted by atomic mass is 16.2. The van der Waals surface area contributed by atoms with E-state index in [1.165, 1.54) is 11.1 Å². The summed E-state index contributed by atoms with van der Waals surface area (Å²) in [5.74, 6) is 0.727. The van der Waals surface area contributed by atoms with Crippen LogP contribution in [0.1, 0.15) is 109 Å². The Kier molecular flexibility index (Phi) is 10.1. The first-order valence-electron chi connectivity index (χ1n) is 14.5. The largest absolute Gasteiger partial charge is 0.273 e. The first-order valence-corrected chi connectivity index (χ1v) is 14.5. The quantitative estimate of drug-likeness (QED) is 0.343. The molecule has 2 aliphatic rings. The predicted octanol–water partition coefficient (Wildman–Crippen LogP) is 8.34. The average molecular weight is 525 g/mol. The number of carbonyl (C=O) groups excluding carboxylic acids is 2. The molecule has 0 saturated heterocycles. The van der Waals surface area contributed by atoms with Crippen molar-refractivity contribution in [2.45, 2.75) is 109 Å². The second-order valence-corrected chi connectivity index (χ2v) is 15.9. The maximum Gasteiger partial charge on any atom is 0.239 e. The first kappa shape index (κ1) is 32.1. The van der Waals surface area contributed by atoms with E-state index in [1.807, 2.05) is 0 Å². The van der Waals surface area contributed by atoms with E-state index in [-0.39, 0.29) is 45.3 Å². The molecular weight excluding hydrogens is 468 g/mol. The highest BCUT2D eigenvalue weighted by Gasteiger charge is 2.34. The lowest BCUT2D eigenvalue weighted by molar-refractivity contribution is -0.130. The summed E-state index contributed by atoms with van der Waals surface area (Å²) in [6.07, 6.45) is 16.3. The third kappa shape index (κ3) is 9.27. The van der Waals surface area contributed by atoms with E-state index in [9.17, 15) is 9.59 Å². The lowest BCUT2D eigenvalue weighted by Gasteiger charge is -2.36. The lowest BCUT2D eigenvalue weighted by atomic mass is 9.69. The number of hydrogen-bond donors (Lipinski definition) is 2. The molecule has 0 aromatic carbocycles. The number of carbonyl (C=O) groups is 2. The van der Waals surface area contributed by atoms with Gasteiger partial charge in [-0.15, -0.1) is 0 Å². The van der Waals surface area contributed by atoms with Gasteiger partial charge < -0.3 is 0 Å². The molecule has 0 saturated carbocycles. The molecular formula is C34H56N2O2. The zero-order valence-electron chi connectivity index (χ0n) is 26.4. The molecule has 0 spiro atoms. The van der Waals surface area contributed by atoms with Crippen molar-refractivity contribution in [2.75, 3.05) is 0 Å². The summed E-state index contributed by atoms with van der Waals surface area (Å²) >= 11 is 0. The molecule has 0 aromatic rings. The highest BCUT2D eigenvalue weighted by Crippen LogP contribution is 2.42. The summed E-state index contributed by atoms with van der Waals surface area (Å²) in [6.45, 7) is 26.7. The topological polar surface area (TPSA) is 58.2 Å². The fourth-order valence-electron chi connectivity index (χ4n) is 5.55. The Morgan fingerprint density at radius 2 is 0.974 bits per heavy atom. The number of nitrogens with one attached hydrogen (secondary N) is 2. The first-order chi connectivity index (χ1) is 17.2. The number of rotatable bonds is 6. The van der Waals surface area contributed by atoms with Crippen LogP contribution in [-0.2, 0) is 9.59 Å². The van der Waals surface area contributed by atoms with E-state index in [4.69, 9.17) is 0 Å². The lowest BCUT2D eigenvalue weighted by Crippen LogP contribution is -2.44. The van der Waals surface area contributed by atoms with Gasteiger partial charge in [0.1, 0.15) is 0 Å². The van der Waals surface area contributed by atoms with Crippen LogP contribution in [0.25, 0.3) is 0 Å².